The van der Waals surface area contributed by atoms with E-state index in [1.54, 1.807) is 36.2 Å². The maximum absolute atomic E-state index is 13.1. The van der Waals surface area contributed by atoms with Gasteiger partial charge in [-0.05, 0) is 43.0 Å². The van der Waals surface area contributed by atoms with Crippen molar-refractivity contribution >= 4 is 29.1 Å². The van der Waals surface area contributed by atoms with Gasteiger partial charge in [0.1, 0.15) is 10.2 Å². The number of rotatable bonds is 8. The first-order valence-corrected chi connectivity index (χ1v) is 9.77. The van der Waals surface area contributed by atoms with Crippen LogP contribution < -0.4 is 10.6 Å². The van der Waals surface area contributed by atoms with Crippen LogP contribution in [-0.2, 0) is 6.42 Å². The molecule has 0 saturated carbocycles. The van der Waals surface area contributed by atoms with Crippen LogP contribution in [0.15, 0.2) is 39.1 Å². The molecule has 0 radical (unpaired) electrons. The molecule has 1 aromatic heterocycles. The molecule has 0 atom stereocenters. The monoisotopic (exact) mass is 366 g/mol. The Kier molecular flexibility index (Phi) is 8.04. The Bertz CT molecular complexity index is 644. The minimum atomic E-state index is -0.183. The molecule has 0 unspecified atom stereocenters. The topological polar surface area (TPSA) is 49.3 Å². The highest BCUT2D eigenvalue weighted by Gasteiger charge is 2.02. The summed E-state index contributed by atoms with van der Waals surface area (Å²) in [7, 11) is 1.77. The summed E-state index contributed by atoms with van der Waals surface area (Å²) in [5.74, 6) is 1.65. The maximum atomic E-state index is 13.1. The van der Waals surface area contributed by atoms with Gasteiger partial charge in [0.15, 0.2) is 5.96 Å². The van der Waals surface area contributed by atoms with E-state index in [-0.39, 0.29) is 5.82 Å². The summed E-state index contributed by atoms with van der Waals surface area (Å²) in [4.78, 5) is 8.47. The number of aliphatic imine (C=N–C) groups is 1. The smallest absolute Gasteiger partial charge is 0.190 e. The second kappa shape index (κ2) is 10.3. The van der Waals surface area contributed by atoms with Crippen molar-refractivity contribution < 1.29 is 4.39 Å². The van der Waals surface area contributed by atoms with Gasteiger partial charge in [0, 0.05) is 37.5 Å². The first-order valence-electron chi connectivity index (χ1n) is 7.91. The summed E-state index contributed by atoms with van der Waals surface area (Å²) in [6, 6.07) is 4.93. The number of aromatic nitrogens is 1. The number of hydrogen-bond acceptors (Lipinski definition) is 4. The number of nitrogens with zero attached hydrogens (tertiary/aromatic N) is 2. The predicted octanol–water partition coefficient (Wildman–Crippen LogP) is 3.48. The van der Waals surface area contributed by atoms with Gasteiger partial charge in [-0.2, -0.15) is 0 Å². The molecule has 130 valence electrons. The van der Waals surface area contributed by atoms with Crippen LogP contribution in [0.3, 0.4) is 0 Å². The number of nitrogens with one attached hydrogen (secondary N) is 2. The molecule has 2 rings (SSSR count). The van der Waals surface area contributed by atoms with Crippen molar-refractivity contribution in [1.29, 1.82) is 0 Å². The van der Waals surface area contributed by atoms with Crippen molar-refractivity contribution in [2.75, 3.05) is 25.9 Å². The van der Waals surface area contributed by atoms with E-state index < -0.39 is 0 Å². The fraction of sp³-hybridized carbons (Fsp3) is 0.412. The first kappa shape index (κ1) is 18.7. The average molecular weight is 367 g/mol. The number of thioether (sulfide) groups is 1. The average Bonchev–Trinajstić information content (AvgIpc) is 3.08. The van der Waals surface area contributed by atoms with Crippen molar-refractivity contribution in [2.45, 2.75) is 24.1 Å². The molecule has 0 bridgehead atoms. The summed E-state index contributed by atoms with van der Waals surface area (Å²) in [5, 5.41) is 8.60. The van der Waals surface area contributed by atoms with Gasteiger partial charge in [0.25, 0.3) is 0 Å². The molecule has 0 spiro atoms. The van der Waals surface area contributed by atoms with Crippen LogP contribution in [-0.4, -0.2) is 36.8 Å². The standard InChI is InChI=1S/C17H23FN4S2/c1-13-12-15(18)5-4-14(13)6-8-21-16(19-2)20-7-3-10-23-17-22-9-11-24-17/h4-5,9,11-12H,3,6-8,10H2,1-2H3,(H2,19,20,21). The van der Waals surface area contributed by atoms with E-state index in [1.165, 1.54) is 6.07 Å². The lowest BCUT2D eigenvalue weighted by atomic mass is 10.1. The van der Waals surface area contributed by atoms with E-state index in [0.717, 1.165) is 53.1 Å². The third kappa shape index (κ3) is 6.49. The van der Waals surface area contributed by atoms with Gasteiger partial charge in [0.05, 0.1) is 0 Å². The molecule has 0 aliphatic carbocycles. The van der Waals surface area contributed by atoms with E-state index in [1.807, 2.05) is 24.6 Å². The molecular formula is C17H23FN4S2. The predicted molar refractivity (Wildman–Crippen MR) is 102 cm³/mol. The highest BCUT2D eigenvalue weighted by molar-refractivity contribution is 8.00. The van der Waals surface area contributed by atoms with Crippen LogP contribution in [0.4, 0.5) is 4.39 Å². The van der Waals surface area contributed by atoms with Gasteiger partial charge >= 0.3 is 0 Å². The van der Waals surface area contributed by atoms with Crippen molar-refractivity contribution in [3.63, 3.8) is 0 Å². The number of benzene rings is 1. The summed E-state index contributed by atoms with van der Waals surface area (Å²) < 4.78 is 14.2. The van der Waals surface area contributed by atoms with E-state index in [9.17, 15) is 4.39 Å². The van der Waals surface area contributed by atoms with Gasteiger partial charge in [-0.15, -0.1) is 11.3 Å². The lowest BCUT2D eigenvalue weighted by Gasteiger charge is -2.12. The van der Waals surface area contributed by atoms with E-state index in [2.05, 4.69) is 20.6 Å². The molecule has 1 aromatic carbocycles. The molecule has 24 heavy (non-hydrogen) atoms. The Balaban J connectivity index is 1.61. The van der Waals surface area contributed by atoms with Crippen molar-refractivity contribution in [3.8, 4) is 0 Å². The molecule has 2 aromatic rings. The third-order valence-electron chi connectivity index (χ3n) is 3.46. The van der Waals surface area contributed by atoms with Gasteiger partial charge in [0.2, 0.25) is 0 Å². The molecule has 0 aliphatic rings. The Morgan fingerprint density at radius 1 is 1.33 bits per heavy atom. The third-order valence-corrected chi connectivity index (χ3v) is 5.52. The zero-order valence-electron chi connectivity index (χ0n) is 14.0. The molecule has 4 nitrogen and oxygen atoms in total. The number of aryl methyl sites for hydroxylation is 1. The molecule has 2 N–H and O–H groups in total. The number of hydrogen-bond donors (Lipinski definition) is 2. The largest absolute Gasteiger partial charge is 0.356 e. The normalized spacial score (nSPS) is 11.5. The molecule has 1 heterocycles. The number of guanidine groups is 1. The highest BCUT2D eigenvalue weighted by Crippen LogP contribution is 2.20. The molecule has 0 amide bonds. The van der Waals surface area contributed by atoms with Crippen molar-refractivity contribution in [2.24, 2.45) is 4.99 Å². The SMILES string of the molecule is CN=C(NCCCSc1nccs1)NCCc1ccc(F)cc1C. The van der Waals surface area contributed by atoms with Crippen LogP contribution in [0.5, 0.6) is 0 Å². The Labute approximate surface area is 151 Å². The lowest BCUT2D eigenvalue weighted by Crippen LogP contribution is -2.38. The molecule has 0 saturated heterocycles. The Hall–Kier alpha value is -1.60. The zero-order valence-corrected chi connectivity index (χ0v) is 15.6. The van der Waals surface area contributed by atoms with Gasteiger partial charge < -0.3 is 10.6 Å². The summed E-state index contributed by atoms with van der Waals surface area (Å²) in [6.07, 6.45) is 3.72. The van der Waals surface area contributed by atoms with E-state index >= 15 is 0 Å². The minimum absolute atomic E-state index is 0.183. The van der Waals surface area contributed by atoms with Crippen LogP contribution in [0, 0.1) is 12.7 Å². The minimum Gasteiger partial charge on any atom is -0.356 e. The Morgan fingerprint density at radius 2 is 2.17 bits per heavy atom. The first-order chi connectivity index (χ1) is 11.7. The van der Waals surface area contributed by atoms with Crippen LogP contribution in [0.25, 0.3) is 0 Å². The quantitative estimate of drug-likeness (QED) is 0.325. The van der Waals surface area contributed by atoms with Crippen molar-refractivity contribution in [3.05, 3.63) is 46.7 Å². The van der Waals surface area contributed by atoms with Crippen molar-refractivity contribution in [1.82, 2.24) is 15.6 Å². The highest BCUT2D eigenvalue weighted by atomic mass is 32.2. The number of thiazole rings is 1. The van der Waals surface area contributed by atoms with Crippen LogP contribution >= 0.6 is 23.1 Å². The fourth-order valence-electron chi connectivity index (χ4n) is 2.20. The second-order valence-electron chi connectivity index (χ2n) is 5.25. The van der Waals surface area contributed by atoms with Gasteiger partial charge in [-0.1, -0.05) is 17.8 Å². The fourth-order valence-corrected chi connectivity index (χ4v) is 3.84. The maximum Gasteiger partial charge on any atom is 0.190 e. The van der Waals surface area contributed by atoms with E-state index in [4.69, 9.17) is 0 Å². The summed E-state index contributed by atoms with van der Waals surface area (Å²) >= 11 is 3.46. The molecule has 0 fully saturated rings. The van der Waals surface area contributed by atoms with Gasteiger partial charge in [-0.3, -0.25) is 4.99 Å². The summed E-state index contributed by atoms with van der Waals surface area (Å²) in [5.41, 5.74) is 2.14. The van der Waals surface area contributed by atoms with Gasteiger partial charge in [-0.25, -0.2) is 9.37 Å². The number of halogens is 1. The molecule has 0 aliphatic heterocycles. The zero-order chi connectivity index (χ0) is 17.2. The lowest BCUT2D eigenvalue weighted by molar-refractivity contribution is 0.625. The van der Waals surface area contributed by atoms with E-state index in [0.29, 0.717) is 0 Å². The van der Waals surface area contributed by atoms with Crippen LogP contribution in [0.1, 0.15) is 17.5 Å². The molecule has 7 heteroatoms. The molecular weight excluding hydrogens is 343 g/mol. The second-order valence-corrected chi connectivity index (χ2v) is 7.48. The Morgan fingerprint density at radius 3 is 2.88 bits per heavy atom. The summed E-state index contributed by atoms with van der Waals surface area (Å²) in [6.45, 7) is 3.57. The van der Waals surface area contributed by atoms with Crippen LogP contribution in [0.2, 0.25) is 0 Å².